The largest absolute Gasteiger partial charge is 0.496 e. The molecule has 5 heteroatoms. The Bertz CT molecular complexity index is 488. The Hall–Kier alpha value is -2.01. The second-order valence-electron chi connectivity index (χ2n) is 4.93. The molecule has 1 unspecified atom stereocenters. The van der Waals surface area contributed by atoms with Crippen molar-refractivity contribution >= 4 is 5.97 Å². The normalized spacial score (nSPS) is 12.0. The van der Waals surface area contributed by atoms with Gasteiger partial charge in [0.25, 0.3) is 0 Å². The number of carbonyl (C=O) groups is 1. The van der Waals surface area contributed by atoms with Crippen molar-refractivity contribution in [2.75, 3.05) is 27.8 Å². The summed E-state index contributed by atoms with van der Waals surface area (Å²) in [6.07, 6.45) is 1.98. The van der Waals surface area contributed by atoms with E-state index >= 15 is 0 Å². The zero-order valence-electron chi connectivity index (χ0n) is 13.0. The van der Waals surface area contributed by atoms with E-state index in [1.165, 1.54) is 0 Å². The van der Waals surface area contributed by atoms with Crippen molar-refractivity contribution in [3.8, 4) is 11.5 Å². The third kappa shape index (κ3) is 4.23. The average molecular weight is 293 g/mol. The Morgan fingerprint density at radius 3 is 2.29 bits per heavy atom. The SMILES string of the molecule is C=CCN(C)C(Cc1c(OC)cc(C)cc1OC)C(=O)O. The zero-order chi connectivity index (χ0) is 16.0. The molecule has 0 radical (unpaired) electrons. The van der Waals surface area contributed by atoms with Crippen LogP contribution in [0.2, 0.25) is 0 Å². The van der Waals surface area contributed by atoms with Gasteiger partial charge in [-0.2, -0.15) is 0 Å². The predicted octanol–water partition coefficient (Wildman–Crippen LogP) is 2.13. The third-order valence-corrected chi connectivity index (χ3v) is 3.38. The van der Waals surface area contributed by atoms with E-state index in [9.17, 15) is 9.90 Å². The van der Waals surface area contributed by atoms with Crippen molar-refractivity contribution in [1.82, 2.24) is 4.90 Å². The van der Waals surface area contributed by atoms with Crippen LogP contribution < -0.4 is 9.47 Å². The van der Waals surface area contributed by atoms with Gasteiger partial charge in [-0.25, -0.2) is 0 Å². The lowest BCUT2D eigenvalue weighted by Gasteiger charge is -2.25. The second-order valence-corrected chi connectivity index (χ2v) is 4.93. The topological polar surface area (TPSA) is 59.0 Å². The fourth-order valence-corrected chi connectivity index (χ4v) is 2.27. The smallest absolute Gasteiger partial charge is 0.321 e. The van der Waals surface area contributed by atoms with Crippen molar-refractivity contribution < 1.29 is 19.4 Å². The van der Waals surface area contributed by atoms with E-state index in [4.69, 9.17) is 9.47 Å². The fraction of sp³-hybridized carbons (Fsp3) is 0.438. The maximum Gasteiger partial charge on any atom is 0.321 e. The molecule has 1 N–H and O–H groups in total. The third-order valence-electron chi connectivity index (χ3n) is 3.38. The van der Waals surface area contributed by atoms with Crippen molar-refractivity contribution in [2.24, 2.45) is 0 Å². The number of carboxylic acids is 1. The van der Waals surface area contributed by atoms with E-state index in [2.05, 4.69) is 6.58 Å². The van der Waals surface area contributed by atoms with Crippen LogP contribution in [0.25, 0.3) is 0 Å². The van der Waals surface area contributed by atoms with Crippen LogP contribution in [0.3, 0.4) is 0 Å². The fourth-order valence-electron chi connectivity index (χ4n) is 2.27. The average Bonchev–Trinajstić information content (AvgIpc) is 2.44. The first-order valence-corrected chi connectivity index (χ1v) is 6.70. The van der Waals surface area contributed by atoms with Crippen LogP contribution in [-0.4, -0.2) is 49.8 Å². The molecular formula is C16H23NO4. The summed E-state index contributed by atoms with van der Waals surface area (Å²) in [5, 5.41) is 9.46. The number of aryl methyl sites for hydroxylation is 1. The lowest BCUT2D eigenvalue weighted by atomic mass is 10.0. The molecule has 0 bridgehead atoms. The predicted molar refractivity (Wildman–Crippen MR) is 82.2 cm³/mol. The van der Waals surface area contributed by atoms with Crippen LogP contribution in [0, 0.1) is 6.92 Å². The van der Waals surface area contributed by atoms with E-state index in [1.54, 1.807) is 32.2 Å². The molecule has 0 aliphatic carbocycles. The molecule has 1 aromatic rings. The minimum Gasteiger partial charge on any atom is -0.496 e. The van der Waals surface area contributed by atoms with Crippen LogP contribution in [0.4, 0.5) is 0 Å². The molecule has 0 aromatic heterocycles. The lowest BCUT2D eigenvalue weighted by Crippen LogP contribution is -2.40. The van der Waals surface area contributed by atoms with E-state index < -0.39 is 12.0 Å². The summed E-state index contributed by atoms with van der Waals surface area (Å²) < 4.78 is 10.8. The van der Waals surface area contributed by atoms with Gasteiger partial charge in [0.1, 0.15) is 17.5 Å². The van der Waals surface area contributed by atoms with Gasteiger partial charge in [0.2, 0.25) is 0 Å². The molecule has 1 atom stereocenters. The molecule has 0 spiro atoms. The van der Waals surface area contributed by atoms with Crippen molar-refractivity contribution in [1.29, 1.82) is 0 Å². The van der Waals surface area contributed by atoms with Crippen LogP contribution in [0.15, 0.2) is 24.8 Å². The number of ether oxygens (including phenoxy) is 2. The molecule has 0 amide bonds. The first kappa shape index (κ1) is 17.0. The monoisotopic (exact) mass is 293 g/mol. The van der Waals surface area contributed by atoms with Gasteiger partial charge in [-0.1, -0.05) is 6.08 Å². The van der Waals surface area contributed by atoms with Crippen molar-refractivity contribution in [2.45, 2.75) is 19.4 Å². The number of methoxy groups -OCH3 is 2. The summed E-state index contributed by atoms with van der Waals surface area (Å²) in [7, 11) is 4.90. The first-order chi connectivity index (χ1) is 9.94. The molecule has 116 valence electrons. The van der Waals surface area contributed by atoms with Crippen LogP contribution in [0.1, 0.15) is 11.1 Å². The van der Waals surface area contributed by atoms with Crippen LogP contribution in [-0.2, 0) is 11.2 Å². The van der Waals surface area contributed by atoms with Gasteiger partial charge in [-0.05, 0) is 31.7 Å². The molecule has 1 rings (SSSR count). The van der Waals surface area contributed by atoms with Crippen molar-refractivity contribution in [3.63, 3.8) is 0 Å². The molecule has 21 heavy (non-hydrogen) atoms. The number of rotatable bonds is 8. The Morgan fingerprint density at radius 1 is 1.38 bits per heavy atom. The van der Waals surface area contributed by atoms with Crippen LogP contribution in [0.5, 0.6) is 11.5 Å². The number of hydrogen-bond donors (Lipinski definition) is 1. The van der Waals surface area contributed by atoms with Gasteiger partial charge in [-0.3, -0.25) is 9.69 Å². The number of carboxylic acid groups (broad SMARTS) is 1. The summed E-state index contributed by atoms with van der Waals surface area (Å²) in [6, 6.07) is 3.09. The van der Waals surface area contributed by atoms with E-state index in [-0.39, 0.29) is 0 Å². The molecule has 5 nitrogen and oxygen atoms in total. The first-order valence-electron chi connectivity index (χ1n) is 6.70. The van der Waals surface area contributed by atoms with E-state index in [0.717, 1.165) is 11.1 Å². The second kappa shape index (κ2) is 7.69. The molecule has 0 saturated carbocycles. The minimum atomic E-state index is -0.885. The summed E-state index contributed by atoms with van der Waals surface area (Å²) >= 11 is 0. The van der Waals surface area contributed by atoms with Crippen molar-refractivity contribution in [3.05, 3.63) is 35.9 Å². The highest BCUT2D eigenvalue weighted by Crippen LogP contribution is 2.32. The summed E-state index contributed by atoms with van der Waals surface area (Å²) in [5.41, 5.74) is 1.76. The molecular weight excluding hydrogens is 270 g/mol. The number of likely N-dealkylation sites (N-methyl/N-ethyl adjacent to an activating group) is 1. The highest BCUT2D eigenvalue weighted by Gasteiger charge is 2.25. The minimum absolute atomic E-state index is 0.298. The Labute approximate surface area is 125 Å². The molecule has 0 aliphatic heterocycles. The van der Waals surface area contributed by atoms with E-state index in [0.29, 0.717) is 24.5 Å². The Balaban J connectivity index is 3.19. The zero-order valence-corrected chi connectivity index (χ0v) is 13.0. The quantitative estimate of drug-likeness (QED) is 0.744. The maximum absolute atomic E-state index is 11.5. The summed E-state index contributed by atoms with van der Waals surface area (Å²) in [4.78, 5) is 13.3. The molecule has 0 saturated heterocycles. The summed E-state index contributed by atoms with van der Waals surface area (Å²) in [5.74, 6) is 0.402. The lowest BCUT2D eigenvalue weighted by molar-refractivity contribution is -0.142. The molecule has 1 aromatic carbocycles. The maximum atomic E-state index is 11.5. The molecule has 0 heterocycles. The van der Waals surface area contributed by atoms with Gasteiger partial charge in [0, 0.05) is 18.5 Å². The standard InChI is InChI=1S/C16H23NO4/c1-6-7-17(3)13(16(18)19)10-12-14(20-4)8-11(2)9-15(12)21-5/h6,8-9,13H,1,7,10H2,2-5H3,(H,18,19). The molecule has 0 aliphatic rings. The Morgan fingerprint density at radius 2 is 1.90 bits per heavy atom. The number of benzene rings is 1. The molecule has 0 fully saturated rings. The highest BCUT2D eigenvalue weighted by molar-refractivity contribution is 5.74. The van der Waals surface area contributed by atoms with Gasteiger partial charge in [-0.15, -0.1) is 6.58 Å². The van der Waals surface area contributed by atoms with Gasteiger partial charge >= 0.3 is 5.97 Å². The van der Waals surface area contributed by atoms with E-state index in [1.807, 2.05) is 19.1 Å². The Kier molecular flexibility index (Phi) is 6.24. The summed E-state index contributed by atoms with van der Waals surface area (Å²) in [6.45, 7) is 6.08. The number of nitrogens with zero attached hydrogens (tertiary/aromatic N) is 1. The van der Waals surface area contributed by atoms with Crippen LogP contribution >= 0.6 is 0 Å². The number of aliphatic carboxylic acids is 1. The highest BCUT2D eigenvalue weighted by atomic mass is 16.5. The van der Waals surface area contributed by atoms with Gasteiger partial charge in [0.15, 0.2) is 0 Å². The van der Waals surface area contributed by atoms with Gasteiger partial charge in [0.05, 0.1) is 14.2 Å². The van der Waals surface area contributed by atoms with Gasteiger partial charge < -0.3 is 14.6 Å². The number of hydrogen-bond acceptors (Lipinski definition) is 4.